The molecule has 1 unspecified atom stereocenters. The Morgan fingerprint density at radius 2 is 2.19 bits per heavy atom. The second-order valence-electron chi connectivity index (χ2n) is 3.34. The van der Waals surface area contributed by atoms with Gasteiger partial charge in [0.1, 0.15) is 5.82 Å². The van der Waals surface area contributed by atoms with Crippen LogP contribution in [0.4, 0.5) is 0 Å². The fourth-order valence-electron chi connectivity index (χ4n) is 1.62. The number of hydrogen-bond donors (Lipinski definition) is 2. The van der Waals surface area contributed by atoms with Gasteiger partial charge in [-0.25, -0.2) is 4.98 Å². The van der Waals surface area contributed by atoms with E-state index in [9.17, 15) is 0 Å². The molecular formula is C11H11Cl2N3. The Hall–Kier alpha value is -1.03. The highest BCUT2D eigenvalue weighted by molar-refractivity contribution is 6.42. The van der Waals surface area contributed by atoms with E-state index in [1.807, 2.05) is 19.2 Å². The third kappa shape index (κ3) is 2.07. The first-order valence-corrected chi connectivity index (χ1v) is 5.60. The first-order chi connectivity index (χ1) is 7.74. The smallest absolute Gasteiger partial charge is 0.127 e. The standard InChI is InChI=1S/C11H11Cl2N3/c1-14-10(11-15-5-6-16-11)7-3-2-4-8(12)9(7)13/h2-6,10,14H,1H3,(H,15,16). The number of aromatic nitrogens is 2. The zero-order valence-electron chi connectivity index (χ0n) is 8.67. The molecule has 1 heterocycles. The van der Waals surface area contributed by atoms with Crippen LogP contribution in [0.25, 0.3) is 0 Å². The molecule has 0 saturated carbocycles. The van der Waals surface area contributed by atoms with Crippen molar-refractivity contribution < 1.29 is 0 Å². The van der Waals surface area contributed by atoms with Crippen LogP contribution in [-0.4, -0.2) is 17.0 Å². The molecule has 0 aliphatic carbocycles. The van der Waals surface area contributed by atoms with Crippen LogP contribution in [0.1, 0.15) is 17.4 Å². The van der Waals surface area contributed by atoms with Gasteiger partial charge in [0, 0.05) is 12.4 Å². The average molecular weight is 256 g/mol. The van der Waals surface area contributed by atoms with Crippen LogP contribution in [0, 0.1) is 0 Å². The van der Waals surface area contributed by atoms with Gasteiger partial charge in [0.15, 0.2) is 0 Å². The van der Waals surface area contributed by atoms with Crippen LogP contribution >= 0.6 is 23.2 Å². The molecule has 2 aromatic rings. The van der Waals surface area contributed by atoms with Crippen molar-refractivity contribution >= 4 is 23.2 Å². The molecule has 0 aliphatic rings. The summed E-state index contributed by atoms with van der Waals surface area (Å²) in [5.74, 6) is 0.812. The Balaban J connectivity index is 2.45. The predicted molar refractivity (Wildman–Crippen MR) is 66.0 cm³/mol. The number of nitrogens with one attached hydrogen (secondary N) is 2. The average Bonchev–Trinajstić information content (AvgIpc) is 2.79. The van der Waals surface area contributed by atoms with Gasteiger partial charge in [-0.15, -0.1) is 0 Å². The van der Waals surface area contributed by atoms with Gasteiger partial charge >= 0.3 is 0 Å². The molecule has 0 spiro atoms. The highest BCUT2D eigenvalue weighted by Gasteiger charge is 2.18. The summed E-state index contributed by atoms with van der Waals surface area (Å²) >= 11 is 12.2. The fourth-order valence-corrected chi connectivity index (χ4v) is 2.04. The Kier molecular flexibility index (Phi) is 3.49. The SMILES string of the molecule is CNC(c1ncc[nH]1)c1cccc(Cl)c1Cl. The van der Waals surface area contributed by atoms with E-state index in [4.69, 9.17) is 23.2 Å². The molecule has 0 saturated heterocycles. The summed E-state index contributed by atoms with van der Waals surface area (Å²) in [6.07, 6.45) is 3.48. The second-order valence-corrected chi connectivity index (χ2v) is 4.12. The topological polar surface area (TPSA) is 40.7 Å². The summed E-state index contributed by atoms with van der Waals surface area (Å²) < 4.78 is 0. The third-order valence-electron chi connectivity index (χ3n) is 2.37. The van der Waals surface area contributed by atoms with E-state index >= 15 is 0 Å². The summed E-state index contributed by atoms with van der Waals surface area (Å²) in [7, 11) is 1.85. The molecule has 2 N–H and O–H groups in total. The Labute approximate surface area is 104 Å². The van der Waals surface area contributed by atoms with E-state index in [-0.39, 0.29) is 6.04 Å². The molecule has 0 aliphatic heterocycles. The lowest BCUT2D eigenvalue weighted by atomic mass is 10.1. The van der Waals surface area contributed by atoms with Crippen molar-refractivity contribution in [1.82, 2.24) is 15.3 Å². The Bertz CT molecular complexity index is 468. The molecular weight excluding hydrogens is 245 g/mol. The van der Waals surface area contributed by atoms with Crippen molar-refractivity contribution in [3.63, 3.8) is 0 Å². The number of halogens is 2. The number of H-pyrrole nitrogens is 1. The van der Waals surface area contributed by atoms with Crippen molar-refractivity contribution in [1.29, 1.82) is 0 Å². The summed E-state index contributed by atoms with van der Waals surface area (Å²) in [6.45, 7) is 0. The van der Waals surface area contributed by atoms with Gasteiger partial charge in [-0.1, -0.05) is 35.3 Å². The van der Waals surface area contributed by atoms with Gasteiger partial charge in [-0.3, -0.25) is 0 Å². The van der Waals surface area contributed by atoms with Crippen LogP contribution in [0.15, 0.2) is 30.6 Å². The third-order valence-corrected chi connectivity index (χ3v) is 3.21. The van der Waals surface area contributed by atoms with E-state index in [0.717, 1.165) is 11.4 Å². The van der Waals surface area contributed by atoms with Crippen molar-refractivity contribution in [3.05, 3.63) is 52.0 Å². The molecule has 0 amide bonds. The van der Waals surface area contributed by atoms with E-state index < -0.39 is 0 Å². The number of hydrogen-bond acceptors (Lipinski definition) is 2. The van der Waals surface area contributed by atoms with Crippen LogP contribution in [-0.2, 0) is 0 Å². The molecule has 0 fully saturated rings. The van der Waals surface area contributed by atoms with E-state index in [2.05, 4.69) is 15.3 Å². The zero-order chi connectivity index (χ0) is 11.5. The lowest BCUT2D eigenvalue weighted by Crippen LogP contribution is -2.19. The van der Waals surface area contributed by atoms with Crippen LogP contribution in [0.3, 0.4) is 0 Å². The summed E-state index contributed by atoms with van der Waals surface area (Å²) in [5, 5.41) is 4.25. The first-order valence-electron chi connectivity index (χ1n) is 4.84. The monoisotopic (exact) mass is 255 g/mol. The molecule has 16 heavy (non-hydrogen) atoms. The lowest BCUT2D eigenvalue weighted by Gasteiger charge is -2.16. The minimum absolute atomic E-state index is 0.0822. The molecule has 84 valence electrons. The Morgan fingerprint density at radius 3 is 2.81 bits per heavy atom. The number of rotatable bonds is 3. The molecule has 1 atom stereocenters. The molecule has 5 heteroatoms. The van der Waals surface area contributed by atoms with Gasteiger partial charge in [-0.2, -0.15) is 0 Å². The normalized spacial score (nSPS) is 12.7. The first kappa shape index (κ1) is 11.5. The van der Waals surface area contributed by atoms with Gasteiger partial charge < -0.3 is 10.3 Å². The molecule has 1 aromatic heterocycles. The number of aromatic amines is 1. The molecule has 0 bridgehead atoms. The zero-order valence-corrected chi connectivity index (χ0v) is 10.2. The molecule has 2 rings (SSSR count). The highest BCUT2D eigenvalue weighted by atomic mass is 35.5. The van der Waals surface area contributed by atoms with E-state index in [1.165, 1.54) is 0 Å². The minimum Gasteiger partial charge on any atom is -0.347 e. The van der Waals surface area contributed by atoms with Gasteiger partial charge in [-0.05, 0) is 18.7 Å². The van der Waals surface area contributed by atoms with Crippen LogP contribution in [0.2, 0.25) is 10.0 Å². The van der Waals surface area contributed by atoms with Gasteiger partial charge in [0.05, 0.1) is 16.1 Å². The van der Waals surface area contributed by atoms with Crippen molar-refractivity contribution in [3.8, 4) is 0 Å². The number of benzene rings is 1. The fraction of sp³-hybridized carbons (Fsp3) is 0.182. The summed E-state index contributed by atoms with van der Waals surface area (Å²) in [6, 6.07) is 5.48. The molecule has 1 aromatic carbocycles. The summed E-state index contributed by atoms with van der Waals surface area (Å²) in [4.78, 5) is 7.27. The predicted octanol–water partition coefficient (Wildman–Crippen LogP) is 3.03. The minimum atomic E-state index is -0.0822. The van der Waals surface area contributed by atoms with Crippen molar-refractivity contribution in [2.24, 2.45) is 0 Å². The molecule has 3 nitrogen and oxygen atoms in total. The largest absolute Gasteiger partial charge is 0.347 e. The van der Waals surface area contributed by atoms with Crippen LogP contribution in [0.5, 0.6) is 0 Å². The second kappa shape index (κ2) is 4.87. The highest BCUT2D eigenvalue weighted by Crippen LogP contribution is 2.31. The molecule has 0 radical (unpaired) electrons. The van der Waals surface area contributed by atoms with Crippen molar-refractivity contribution in [2.75, 3.05) is 7.05 Å². The quantitative estimate of drug-likeness (QED) is 0.886. The lowest BCUT2D eigenvalue weighted by molar-refractivity contribution is 0.655. The van der Waals surface area contributed by atoms with Crippen LogP contribution < -0.4 is 5.32 Å². The maximum Gasteiger partial charge on any atom is 0.127 e. The number of imidazole rings is 1. The number of nitrogens with zero attached hydrogens (tertiary/aromatic N) is 1. The van der Waals surface area contributed by atoms with Gasteiger partial charge in [0.2, 0.25) is 0 Å². The summed E-state index contributed by atoms with van der Waals surface area (Å²) in [5.41, 5.74) is 0.909. The maximum atomic E-state index is 6.17. The van der Waals surface area contributed by atoms with Crippen molar-refractivity contribution in [2.45, 2.75) is 6.04 Å². The Morgan fingerprint density at radius 1 is 1.38 bits per heavy atom. The van der Waals surface area contributed by atoms with E-state index in [1.54, 1.807) is 18.5 Å². The van der Waals surface area contributed by atoms with E-state index in [0.29, 0.717) is 10.0 Å². The maximum absolute atomic E-state index is 6.17. The van der Waals surface area contributed by atoms with Gasteiger partial charge in [0.25, 0.3) is 0 Å².